The van der Waals surface area contributed by atoms with Gasteiger partial charge in [0.25, 0.3) is 0 Å². The van der Waals surface area contributed by atoms with E-state index < -0.39 is 6.10 Å². The Balaban J connectivity index is 2.60. The van der Waals surface area contributed by atoms with Gasteiger partial charge in [-0.25, -0.2) is 0 Å². The summed E-state index contributed by atoms with van der Waals surface area (Å²) in [5, 5.41) is 10.0. The van der Waals surface area contributed by atoms with Crippen molar-refractivity contribution in [1.29, 1.82) is 0 Å². The van der Waals surface area contributed by atoms with Crippen LogP contribution in [0.15, 0.2) is 55.1 Å². The van der Waals surface area contributed by atoms with Gasteiger partial charge in [-0.3, -0.25) is 0 Å². The first-order valence-electron chi connectivity index (χ1n) is 5.26. The molecule has 0 saturated carbocycles. The van der Waals surface area contributed by atoms with Crippen LogP contribution in [0.1, 0.15) is 25.0 Å². The van der Waals surface area contributed by atoms with E-state index in [1.165, 1.54) is 0 Å². The molecule has 0 amide bonds. The smallest absolute Gasteiger partial charge is 0.0849 e. The molecule has 0 saturated heterocycles. The van der Waals surface area contributed by atoms with Crippen LogP contribution in [-0.2, 0) is 0 Å². The highest BCUT2D eigenvalue weighted by Crippen LogP contribution is 2.22. The van der Waals surface area contributed by atoms with E-state index in [9.17, 15) is 5.11 Å². The maximum absolute atomic E-state index is 10.0. The van der Waals surface area contributed by atoms with E-state index in [1.807, 2.05) is 55.5 Å². The summed E-state index contributed by atoms with van der Waals surface area (Å²) in [5.41, 5.74) is 0.966. The number of rotatable bonds is 5. The zero-order chi connectivity index (χ0) is 11.1. The molecule has 1 rings (SSSR count). The maximum Gasteiger partial charge on any atom is 0.0849 e. The van der Waals surface area contributed by atoms with Crippen molar-refractivity contribution in [2.24, 2.45) is 5.92 Å². The molecule has 0 aromatic heterocycles. The van der Waals surface area contributed by atoms with Crippen molar-refractivity contribution in [3.8, 4) is 0 Å². The molecule has 0 aliphatic rings. The van der Waals surface area contributed by atoms with E-state index in [-0.39, 0.29) is 5.92 Å². The Hall–Kier alpha value is -1.34. The molecular weight excluding hydrogens is 184 g/mol. The van der Waals surface area contributed by atoms with Crippen molar-refractivity contribution < 1.29 is 5.11 Å². The minimum atomic E-state index is -0.424. The summed E-state index contributed by atoms with van der Waals surface area (Å²) in [5.74, 6) is 0.132. The zero-order valence-corrected chi connectivity index (χ0v) is 9.13. The normalized spacial score (nSPS) is 15.1. The molecule has 0 heterocycles. The highest BCUT2D eigenvalue weighted by molar-refractivity contribution is 5.19. The quantitative estimate of drug-likeness (QED) is 0.725. The summed E-state index contributed by atoms with van der Waals surface area (Å²) < 4.78 is 0. The Morgan fingerprint density at radius 3 is 2.60 bits per heavy atom. The second-order valence-corrected chi connectivity index (χ2v) is 3.67. The first kappa shape index (κ1) is 11.7. The number of benzene rings is 1. The van der Waals surface area contributed by atoms with Gasteiger partial charge in [0.05, 0.1) is 6.10 Å². The van der Waals surface area contributed by atoms with Crippen LogP contribution in [0.3, 0.4) is 0 Å². The minimum Gasteiger partial charge on any atom is -0.388 e. The van der Waals surface area contributed by atoms with Crippen LogP contribution >= 0.6 is 0 Å². The number of hydrogen-bond acceptors (Lipinski definition) is 1. The van der Waals surface area contributed by atoms with Crippen molar-refractivity contribution in [2.75, 3.05) is 0 Å². The molecule has 2 atom stereocenters. The van der Waals surface area contributed by atoms with E-state index in [0.29, 0.717) is 0 Å². The summed E-state index contributed by atoms with van der Waals surface area (Å²) in [7, 11) is 0. The summed E-state index contributed by atoms with van der Waals surface area (Å²) in [4.78, 5) is 0. The summed E-state index contributed by atoms with van der Waals surface area (Å²) in [6.07, 6.45) is 6.33. The molecule has 0 aliphatic heterocycles. The third-order valence-electron chi connectivity index (χ3n) is 2.38. The predicted molar refractivity (Wildman–Crippen MR) is 64.5 cm³/mol. The lowest BCUT2D eigenvalue weighted by atomic mass is 9.97. The molecule has 0 aliphatic carbocycles. The van der Waals surface area contributed by atoms with Gasteiger partial charge in [0.15, 0.2) is 0 Å². The van der Waals surface area contributed by atoms with Gasteiger partial charge in [-0.15, -0.1) is 6.58 Å². The Kier molecular flexibility index (Phi) is 4.85. The predicted octanol–water partition coefficient (Wildman–Crippen LogP) is 3.49. The van der Waals surface area contributed by atoms with E-state index in [0.717, 1.165) is 12.0 Å². The molecular formula is C14H18O. The van der Waals surface area contributed by atoms with Crippen molar-refractivity contribution >= 4 is 0 Å². The first-order valence-corrected chi connectivity index (χ1v) is 5.26. The molecule has 1 aromatic carbocycles. The van der Waals surface area contributed by atoms with Gasteiger partial charge in [0, 0.05) is 5.92 Å². The monoisotopic (exact) mass is 202 g/mol. The van der Waals surface area contributed by atoms with Crippen LogP contribution in [0.25, 0.3) is 0 Å². The second-order valence-electron chi connectivity index (χ2n) is 3.67. The molecule has 1 N–H and O–H groups in total. The van der Waals surface area contributed by atoms with Gasteiger partial charge in [-0.2, -0.15) is 0 Å². The van der Waals surface area contributed by atoms with Gasteiger partial charge in [0.2, 0.25) is 0 Å². The number of allylic oxidation sites excluding steroid dienone is 2. The molecule has 0 radical (unpaired) electrons. The molecule has 1 heteroatoms. The molecule has 0 bridgehead atoms. The van der Waals surface area contributed by atoms with Gasteiger partial charge < -0.3 is 5.11 Å². The van der Waals surface area contributed by atoms with Gasteiger partial charge in [-0.05, 0) is 12.0 Å². The third-order valence-corrected chi connectivity index (χ3v) is 2.38. The first-order chi connectivity index (χ1) is 7.25. The van der Waals surface area contributed by atoms with Gasteiger partial charge >= 0.3 is 0 Å². The number of aliphatic hydroxyl groups excluding tert-OH is 1. The Morgan fingerprint density at radius 2 is 2.00 bits per heavy atom. The molecule has 15 heavy (non-hydrogen) atoms. The lowest BCUT2D eigenvalue weighted by molar-refractivity contribution is 0.139. The fourth-order valence-corrected chi connectivity index (χ4v) is 1.45. The Labute approximate surface area is 91.8 Å². The average Bonchev–Trinajstić information content (AvgIpc) is 2.29. The van der Waals surface area contributed by atoms with E-state index >= 15 is 0 Å². The number of hydrogen-bond donors (Lipinski definition) is 1. The van der Waals surface area contributed by atoms with E-state index in [1.54, 1.807) is 0 Å². The molecule has 1 aromatic rings. The molecule has 1 nitrogen and oxygen atoms in total. The fourth-order valence-electron chi connectivity index (χ4n) is 1.45. The largest absolute Gasteiger partial charge is 0.388 e. The van der Waals surface area contributed by atoms with Crippen LogP contribution in [-0.4, -0.2) is 5.11 Å². The highest BCUT2D eigenvalue weighted by atomic mass is 16.3. The van der Waals surface area contributed by atoms with Gasteiger partial charge in [-0.1, -0.05) is 55.5 Å². The Morgan fingerprint density at radius 1 is 1.33 bits per heavy atom. The van der Waals surface area contributed by atoms with Gasteiger partial charge in [0.1, 0.15) is 0 Å². The molecule has 80 valence electrons. The lowest BCUT2D eigenvalue weighted by Gasteiger charge is -2.15. The minimum absolute atomic E-state index is 0.132. The second kappa shape index (κ2) is 6.20. The van der Waals surface area contributed by atoms with Crippen LogP contribution in [0.2, 0.25) is 0 Å². The van der Waals surface area contributed by atoms with Crippen molar-refractivity contribution in [2.45, 2.75) is 19.4 Å². The van der Waals surface area contributed by atoms with E-state index in [4.69, 9.17) is 0 Å². The zero-order valence-electron chi connectivity index (χ0n) is 9.13. The standard InChI is InChI=1S/C14H18O/c1-3-4-6-9-12(2)14(15)13-10-7-5-8-11-13/h3,5-12,14-15H,1,4H2,2H3/b9-6-/t12-,14-/m1/s1. The van der Waals surface area contributed by atoms with Crippen LogP contribution in [0.4, 0.5) is 0 Å². The van der Waals surface area contributed by atoms with Crippen LogP contribution in [0.5, 0.6) is 0 Å². The molecule has 0 fully saturated rings. The van der Waals surface area contributed by atoms with Crippen LogP contribution < -0.4 is 0 Å². The summed E-state index contributed by atoms with van der Waals surface area (Å²) >= 11 is 0. The average molecular weight is 202 g/mol. The topological polar surface area (TPSA) is 20.2 Å². The SMILES string of the molecule is C=CC/C=C\[C@@H](C)[C@@H](O)c1ccccc1. The Bertz CT molecular complexity index is 313. The summed E-state index contributed by atoms with van der Waals surface area (Å²) in [6.45, 7) is 5.66. The van der Waals surface area contributed by atoms with Crippen LogP contribution in [0, 0.1) is 5.92 Å². The van der Waals surface area contributed by atoms with Crippen molar-refractivity contribution in [3.05, 3.63) is 60.7 Å². The fraction of sp³-hybridized carbons (Fsp3) is 0.286. The summed E-state index contributed by atoms with van der Waals surface area (Å²) in [6, 6.07) is 9.73. The van der Waals surface area contributed by atoms with E-state index in [2.05, 4.69) is 6.58 Å². The highest BCUT2D eigenvalue weighted by Gasteiger charge is 2.12. The maximum atomic E-state index is 10.0. The molecule has 0 spiro atoms. The van der Waals surface area contributed by atoms with Crippen molar-refractivity contribution in [1.82, 2.24) is 0 Å². The molecule has 0 unspecified atom stereocenters. The van der Waals surface area contributed by atoms with Crippen molar-refractivity contribution in [3.63, 3.8) is 0 Å². The third kappa shape index (κ3) is 3.72. The number of aliphatic hydroxyl groups is 1. The lowest BCUT2D eigenvalue weighted by Crippen LogP contribution is -2.06.